The minimum atomic E-state index is -2.12. The first-order valence-electron chi connectivity index (χ1n) is 17.1. The molecule has 274 valence electrons. The smallest absolute Gasteiger partial charge is 0.458 e. The lowest BCUT2D eigenvalue weighted by atomic mass is 9.44. The van der Waals surface area contributed by atoms with Crippen molar-refractivity contribution in [3.8, 4) is 0 Å². The lowest BCUT2D eigenvalue weighted by molar-refractivity contribution is -0.220. The normalized spacial score (nSPS) is 38.7. The lowest BCUT2D eigenvalue weighted by Crippen LogP contribution is -2.69. The number of esters is 2. The van der Waals surface area contributed by atoms with E-state index >= 15 is 4.39 Å². The van der Waals surface area contributed by atoms with Crippen molar-refractivity contribution in [1.82, 2.24) is 5.32 Å². The number of carbonyl (C=O) groups excluding carboxylic acids is 6. The molecule has 1 amide bonds. The number of amides is 1. The molecule has 0 radical (unpaired) electrons. The van der Waals surface area contributed by atoms with Crippen molar-refractivity contribution in [2.24, 2.45) is 28.6 Å². The number of hydrogen-bond acceptors (Lipinski definition) is 12. The number of allylic oxidation sites excluding steroid dienone is 5. The van der Waals surface area contributed by atoms with Crippen LogP contribution < -0.4 is 5.32 Å². The number of nitrogens with one attached hydrogen (secondary N) is 1. The van der Waals surface area contributed by atoms with Crippen LogP contribution in [-0.2, 0) is 42.9 Å². The predicted octanol–water partition coefficient (Wildman–Crippen LogP) is 3.10. The summed E-state index contributed by atoms with van der Waals surface area (Å²) in [6.07, 6.45) is 4.84. The maximum atomic E-state index is 17.3. The Morgan fingerprint density at radius 2 is 1.78 bits per heavy atom. The number of halogens is 1. The molecule has 0 aromatic rings. The summed E-state index contributed by atoms with van der Waals surface area (Å²) < 4.78 is 37.2. The summed E-state index contributed by atoms with van der Waals surface area (Å²) >= 11 is 0. The Balaban J connectivity index is 1.10. The van der Waals surface area contributed by atoms with Crippen LogP contribution in [0, 0.1) is 28.6 Å². The van der Waals surface area contributed by atoms with Gasteiger partial charge in [0.05, 0.1) is 31.4 Å². The molecule has 5 rings (SSSR count). The van der Waals surface area contributed by atoms with E-state index in [4.69, 9.17) is 18.9 Å². The second kappa shape index (κ2) is 14.0. The highest BCUT2D eigenvalue weighted by Crippen LogP contribution is 2.70. The van der Waals surface area contributed by atoms with E-state index in [9.17, 15) is 39.0 Å². The summed E-state index contributed by atoms with van der Waals surface area (Å²) in [6, 6.07) is -0.410. The third-order valence-electron chi connectivity index (χ3n) is 12.0. The van der Waals surface area contributed by atoms with Gasteiger partial charge >= 0.3 is 18.1 Å². The van der Waals surface area contributed by atoms with Gasteiger partial charge in [0, 0.05) is 16.7 Å². The zero-order valence-corrected chi connectivity index (χ0v) is 28.8. The summed E-state index contributed by atoms with van der Waals surface area (Å²) in [5.74, 6) is -4.92. The Morgan fingerprint density at radius 3 is 2.48 bits per heavy atom. The van der Waals surface area contributed by atoms with Gasteiger partial charge in [-0.1, -0.05) is 37.6 Å². The van der Waals surface area contributed by atoms with Crippen LogP contribution in [0.15, 0.2) is 36.0 Å². The lowest BCUT2D eigenvalue weighted by Gasteiger charge is -2.62. The van der Waals surface area contributed by atoms with Gasteiger partial charge in [-0.2, -0.15) is 0 Å². The molecule has 10 atom stereocenters. The molecule has 0 bridgehead atoms. The summed E-state index contributed by atoms with van der Waals surface area (Å²) in [5, 5.41) is 26.2. The fourth-order valence-electron chi connectivity index (χ4n) is 9.35. The van der Waals surface area contributed by atoms with Crippen molar-refractivity contribution in [2.45, 2.75) is 109 Å². The minimum absolute atomic E-state index is 0.0292. The maximum Gasteiger partial charge on any atom is 0.511 e. The van der Waals surface area contributed by atoms with Gasteiger partial charge in [-0.05, 0) is 69.9 Å². The van der Waals surface area contributed by atoms with E-state index in [2.05, 4.69) is 5.32 Å². The van der Waals surface area contributed by atoms with Crippen LogP contribution >= 0.6 is 0 Å². The van der Waals surface area contributed by atoms with Crippen molar-refractivity contribution in [3.63, 3.8) is 0 Å². The summed E-state index contributed by atoms with van der Waals surface area (Å²) in [5.41, 5.74) is -5.98. The Bertz CT molecular complexity index is 1520. The Labute approximate surface area is 289 Å². The molecular weight excluding hydrogens is 657 g/mol. The standard InChI is InChI=1S/C36H46FNO12/c1-5-6-7-25-26(16-29(42)38-25)50-32(45)49-19-48-31(44)11-10-30(43)47-18-28(41)36(46)20(2)14-24-23-9-8-21-15-22(39)12-13-33(21,3)35(23,37)27(40)17-34(24,36)4/h5-6,12-13,15,20,23-27,40,46H,7-11,14,16-19H2,1-4H3,(H,38,42)/b6-5+/t20-,23?,24?,25+,26-,27-,33-,34-,35-,36-/m0/s1. The van der Waals surface area contributed by atoms with Gasteiger partial charge in [-0.3, -0.25) is 24.0 Å². The average Bonchev–Trinajstić information content (AvgIpc) is 3.51. The minimum Gasteiger partial charge on any atom is -0.458 e. The third-order valence-corrected chi connectivity index (χ3v) is 12.0. The van der Waals surface area contributed by atoms with Crippen LogP contribution in [0.4, 0.5) is 9.18 Å². The van der Waals surface area contributed by atoms with Crippen molar-refractivity contribution < 1.29 is 62.3 Å². The van der Waals surface area contributed by atoms with Crippen molar-refractivity contribution >= 4 is 35.6 Å². The van der Waals surface area contributed by atoms with Crippen molar-refractivity contribution in [2.75, 3.05) is 13.4 Å². The average molecular weight is 704 g/mol. The van der Waals surface area contributed by atoms with Gasteiger partial charge in [0.1, 0.15) is 11.7 Å². The van der Waals surface area contributed by atoms with E-state index in [0.29, 0.717) is 31.3 Å². The first kappa shape index (κ1) is 37.3. The van der Waals surface area contributed by atoms with E-state index in [-0.39, 0.29) is 24.5 Å². The van der Waals surface area contributed by atoms with Crippen LogP contribution in [0.1, 0.15) is 79.1 Å². The zero-order valence-electron chi connectivity index (χ0n) is 28.8. The molecule has 13 nitrogen and oxygen atoms in total. The molecule has 3 saturated carbocycles. The highest BCUT2D eigenvalue weighted by atomic mass is 19.1. The van der Waals surface area contributed by atoms with Gasteiger partial charge in [-0.15, -0.1) is 0 Å². The van der Waals surface area contributed by atoms with Crippen molar-refractivity contribution in [1.29, 1.82) is 0 Å². The fraction of sp³-hybridized carbons (Fsp3) is 0.667. The number of alkyl halides is 1. The number of ether oxygens (including phenoxy) is 4. The first-order chi connectivity index (χ1) is 23.5. The number of ketones is 2. The van der Waals surface area contributed by atoms with E-state index in [1.165, 1.54) is 18.2 Å². The molecular formula is C36H46FNO12. The Morgan fingerprint density at radius 1 is 1.08 bits per heavy atom. The van der Waals surface area contributed by atoms with Crippen molar-refractivity contribution in [3.05, 3.63) is 36.0 Å². The highest BCUT2D eigenvalue weighted by Gasteiger charge is 2.75. The number of aliphatic hydroxyl groups excluding tert-OH is 1. The molecule has 0 aromatic heterocycles. The van der Waals surface area contributed by atoms with E-state index in [1.54, 1.807) is 26.8 Å². The number of aliphatic hydroxyl groups is 2. The second-order valence-corrected chi connectivity index (χ2v) is 14.6. The highest BCUT2D eigenvalue weighted by molar-refractivity contribution is 6.01. The molecule has 50 heavy (non-hydrogen) atoms. The number of rotatable bonds is 11. The van der Waals surface area contributed by atoms with Crippen LogP contribution in [0.3, 0.4) is 0 Å². The quantitative estimate of drug-likeness (QED) is 0.124. The molecule has 4 fully saturated rings. The maximum absolute atomic E-state index is 17.3. The van der Waals surface area contributed by atoms with Crippen LogP contribution in [0.2, 0.25) is 0 Å². The van der Waals surface area contributed by atoms with Gasteiger partial charge in [-0.25, -0.2) is 9.18 Å². The number of hydrogen-bond donors (Lipinski definition) is 3. The zero-order chi connectivity index (χ0) is 36.6. The number of fused-ring (bicyclic) bond motifs is 5. The molecule has 4 aliphatic carbocycles. The monoisotopic (exact) mass is 703 g/mol. The van der Waals surface area contributed by atoms with Gasteiger partial charge < -0.3 is 34.5 Å². The van der Waals surface area contributed by atoms with Crippen LogP contribution in [0.5, 0.6) is 0 Å². The molecule has 1 aliphatic heterocycles. The Kier molecular flexibility index (Phi) is 10.5. The molecule has 0 aromatic carbocycles. The summed E-state index contributed by atoms with van der Waals surface area (Å²) in [7, 11) is 0. The SMILES string of the molecule is C/C=C/C[C@H]1NC(=O)C[C@@H]1OC(=O)OCOC(=O)CCC(=O)OCC(=O)[C@@]1(O)[C@@H](C)CC2C3CCC4=CC(=O)C=C[C@]4(C)[C@@]3(F)[C@@H](O)C[C@@]21C. The van der Waals surface area contributed by atoms with E-state index in [0.717, 1.165) is 0 Å². The van der Waals surface area contributed by atoms with E-state index < -0.39 is 108 Å². The summed E-state index contributed by atoms with van der Waals surface area (Å²) in [4.78, 5) is 74.0. The van der Waals surface area contributed by atoms with Crippen LogP contribution in [0.25, 0.3) is 0 Å². The third kappa shape index (κ3) is 6.29. The van der Waals surface area contributed by atoms with E-state index in [1.807, 2.05) is 13.0 Å². The molecule has 3 N–H and O–H groups in total. The largest absolute Gasteiger partial charge is 0.511 e. The van der Waals surface area contributed by atoms with Gasteiger partial charge in [0.2, 0.25) is 18.5 Å². The molecule has 1 heterocycles. The molecule has 0 spiro atoms. The topological polar surface area (TPSA) is 192 Å². The second-order valence-electron chi connectivity index (χ2n) is 14.6. The number of carbonyl (C=O) groups is 6. The Hall–Kier alpha value is -3.91. The number of Topliss-reactive ketones (excluding diaryl/α,β-unsaturated/α-hetero) is 1. The molecule has 2 unspecified atom stereocenters. The molecule has 14 heteroatoms. The fourth-order valence-corrected chi connectivity index (χ4v) is 9.35. The molecule has 1 saturated heterocycles. The summed E-state index contributed by atoms with van der Waals surface area (Å²) in [6.45, 7) is 5.28. The molecule has 5 aliphatic rings. The van der Waals surface area contributed by atoms with Crippen LogP contribution in [-0.4, -0.2) is 88.7 Å². The first-order valence-corrected chi connectivity index (χ1v) is 17.1. The predicted molar refractivity (Wildman–Crippen MR) is 171 cm³/mol. The van der Waals surface area contributed by atoms with Gasteiger partial charge in [0.15, 0.2) is 18.1 Å². The van der Waals surface area contributed by atoms with Gasteiger partial charge in [0.25, 0.3) is 0 Å².